The third kappa shape index (κ3) is 4.87. The first kappa shape index (κ1) is 20.3. The van der Waals surface area contributed by atoms with E-state index in [9.17, 15) is 9.59 Å². The molecule has 2 aromatic carbocycles. The van der Waals surface area contributed by atoms with Crippen LogP contribution in [0, 0.1) is 13.8 Å². The third-order valence-electron chi connectivity index (χ3n) is 4.74. The van der Waals surface area contributed by atoms with Crippen LogP contribution in [0.3, 0.4) is 0 Å². The van der Waals surface area contributed by atoms with Crippen LogP contribution in [0.25, 0.3) is 5.69 Å². The van der Waals surface area contributed by atoms with Crippen LogP contribution in [0.2, 0.25) is 0 Å². The molecule has 3 rings (SSSR count). The summed E-state index contributed by atoms with van der Waals surface area (Å²) in [6.45, 7) is 6.69. The molecular formula is C22H25N5O2. The summed E-state index contributed by atoms with van der Waals surface area (Å²) < 4.78 is 1.62. The van der Waals surface area contributed by atoms with Crippen LogP contribution in [-0.2, 0) is 11.3 Å². The predicted octanol–water partition coefficient (Wildman–Crippen LogP) is 2.66. The molecule has 0 saturated heterocycles. The largest absolute Gasteiger partial charge is 0.342 e. The minimum Gasteiger partial charge on any atom is -0.342 e. The highest BCUT2D eigenvalue weighted by Crippen LogP contribution is 2.13. The van der Waals surface area contributed by atoms with Crippen molar-refractivity contribution in [2.24, 2.45) is 0 Å². The van der Waals surface area contributed by atoms with Gasteiger partial charge < -0.3 is 10.2 Å². The molecule has 1 heterocycles. The number of carbonyl (C=O) groups is 2. The second-order valence-electron chi connectivity index (χ2n) is 6.85. The maximum Gasteiger partial charge on any atom is 0.274 e. The molecule has 29 heavy (non-hydrogen) atoms. The summed E-state index contributed by atoms with van der Waals surface area (Å²) in [4.78, 5) is 26.8. The molecule has 0 aliphatic rings. The number of aromatic nitrogens is 3. The Morgan fingerprint density at radius 1 is 1.03 bits per heavy atom. The summed E-state index contributed by atoms with van der Waals surface area (Å²) in [6.07, 6.45) is 0. The average molecular weight is 391 g/mol. The number of amides is 2. The predicted molar refractivity (Wildman–Crippen MR) is 111 cm³/mol. The molecule has 1 aromatic heterocycles. The smallest absolute Gasteiger partial charge is 0.274 e. The lowest BCUT2D eigenvalue weighted by atomic mass is 10.2. The Hall–Kier alpha value is -3.48. The van der Waals surface area contributed by atoms with Crippen molar-refractivity contribution >= 4 is 11.8 Å². The van der Waals surface area contributed by atoms with Gasteiger partial charge in [-0.15, -0.1) is 5.10 Å². The molecule has 0 unspecified atom stereocenters. The van der Waals surface area contributed by atoms with Gasteiger partial charge in [0.15, 0.2) is 5.69 Å². The normalized spacial score (nSPS) is 10.6. The number of likely N-dealkylation sites (N-methyl/N-ethyl adjacent to an activating group) is 1. The van der Waals surface area contributed by atoms with Crippen LogP contribution in [0.5, 0.6) is 0 Å². The molecule has 0 saturated carbocycles. The van der Waals surface area contributed by atoms with Gasteiger partial charge in [0.2, 0.25) is 5.91 Å². The van der Waals surface area contributed by atoms with Crippen molar-refractivity contribution in [3.05, 3.63) is 77.1 Å². The lowest BCUT2D eigenvalue weighted by Gasteiger charge is -2.21. The topological polar surface area (TPSA) is 80.1 Å². The Labute approximate surface area is 170 Å². The van der Waals surface area contributed by atoms with E-state index in [1.54, 1.807) is 16.5 Å². The van der Waals surface area contributed by atoms with E-state index in [-0.39, 0.29) is 18.1 Å². The standard InChI is InChI=1S/C22H25N5O2/c1-4-26(15-18-8-6-5-7-9-18)20(28)14-23-22(29)21-17(3)27(25-24-21)19-12-10-16(2)11-13-19/h5-13H,4,14-15H2,1-3H3,(H,23,29). The highest BCUT2D eigenvalue weighted by atomic mass is 16.2. The number of aryl methyl sites for hydroxylation is 1. The van der Waals surface area contributed by atoms with Gasteiger partial charge in [-0.05, 0) is 38.5 Å². The lowest BCUT2D eigenvalue weighted by Crippen LogP contribution is -2.40. The summed E-state index contributed by atoms with van der Waals surface area (Å²) in [7, 11) is 0. The number of hydrogen-bond acceptors (Lipinski definition) is 4. The molecule has 150 valence electrons. The average Bonchev–Trinajstić information content (AvgIpc) is 3.12. The monoisotopic (exact) mass is 391 g/mol. The second-order valence-corrected chi connectivity index (χ2v) is 6.85. The molecule has 7 nitrogen and oxygen atoms in total. The number of nitrogens with zero attached hydrogens (tertiary/aromatic N) is 4. The number of hydrogen-bond donors (Lipinski definition) is 1. The van der Waals surface area contributed by atoms with Crippen molar-refractivity contribution in [1.82, 2.24) is 25.2 Å². The molecule has 7 heteroatoms. The fourth-order valence-corrected chi connectivity index (χ4v) is 3.00. The number of carbonyl (C=O) groups excluding carboxylic acids is 2. The summed E-state index contributed by atoms with van der Waals surface area (Å²) in [5, 5.41) is 10.8. The first-order valence-corrected chi connectivity index (χ1v) is 9.58. The first-order valence-electron chi connectivity index (χ1n) is 9.58. The number of nitrogens with one attached hydrogen (secondary N) is 1. The zero-order valence-corrected chi connectivity index (χ0v) is 16.9. The fraction of sp³-hybridized carbons (Fsp3) is 0.273. The Morgan fingerprint density at radius 3 is 2.38 bits per heavy atom. The Bertz CT molecular complexity index is 980. The Balaban J connectivity index is 1.63. The van der Waals surface area contributed by atoms with Gasteiger partial charge in [0.1, 0.15) is 0 Å². The van der Waals surface area contributed by atoms with Gasteiger partial charge in [-0.1, -0.05) is 53.2 Å². The van der Waals surface area contributed by atoms with Gasteiger partial charge in [0, 0.05) is 13.1 Å². The summed E-state index contributed by atoms with van der Waals surface area (Å²) in [5.41, 5.74) is 3.85. The SMILES string of the molecule is CCN(Cc1ccccc1)C(=O)CNC(=O)c1nnn(-c2ccc(C)cc2)c1C. The zero-order chi connectivity index (χ0) is 20.8. The van der Waals surface area contributed by atoms with E-state index in [2.05, 4.69) is 15.6 Å². The van der Waals surface area contributed by atoms with Gasteiger partial charge in [0.25, 0.3) is 5.91 Å². The van der Waals surface area contributed by atoms with Crippen molar-refractivity contribution in [1.29, 1.82) is 0 Å². The molecule has 3 aromatic rings. The van der Waals surface area contributed by atoms with Crippen molar-refractivity contribution < 1.29 is 9.59 Å². The quantitative estimate of drug-likeness (QED) is 0.671. The Kier molecular flexibility index (Phi) is 6.39. The van der Waals surface area contributed by atoms with E-state index in [1.807, 2.05) is 68.4 Å². The molecule has 0 radical (unpaired) electrons. The summed E-state index contributed by atoms with van der Waals surface area (Å²) in [5.74, 6) is -0.557. The van der Waals surface area contributed by atoms with E-state index >= 15 is 0 Å². The molecule has 0 spiro atoms. The fourth-order valence-electron chi connectivity index (χ4n) is 3.00. The highest BCUT2D eigenvalue weighted by Gasteiger charge is 2.19. The molecule has 0 fully saturated rings. The molecule has 0 aliphatic carbocycles. The van der Waals surface area contributed by atoms with Gasteiger partial charge >= 0.3 is 0 Å². The van der Waals surface area contributed by atoms with Gasteiger partial charge in [-0.3, -0.25) is 9.59 Å². The minimum absolute atomic E-state index is 0.0870. The molecule has 0 bridgehead atoms. The van der Waals surface area contributed by atoms with Crippen LogP contribution in [0.1, 0.15) is 34.2 Å². The maximum absolute atomic E-state index is 12.5. The van der Waals surface area contributed by atoms with Crippen molar-refractivity contribution in [2.45, 2.75) is 27.3 Å². The molecule has 1 N–H and O–H groups in total. The number of benzene rings is 2. The summed E-state index contributed by atoms with van der Waals surface area (Å²) in [6, 6.07) is 17.6. The van der Waals surface area contributed by atoms with Gasteiger partial charge in [-0.2, -0.15) is 0 Å². The second kappa shape index (κ2) is 9.14. The first-order chi connectivity index (χ1) is 14.0. The molecule has 2 amide bonds. The highest BCUT2D eigenvalue weighted by molar-refractivity contribution is 5.95. The third-order valence-corrected chi connectivity index (χ3v) is 4.74. The van der Waals surface area contributed by atoms with Crippen LogP contribution in [0.15, 0.2) is 54.6 Å². The van der Waals surface area contributed by atoms with Crippen LogP contribution >= 0.6 is 0 Å². The lowest BCUT2D eigenvalue weighted by molar-refractivity contribution is -0.130. The van der Waals surface area contributed by atoms with Crippen molar-refractivity contribution in [3.8, 4) is 5.69 Å². The molecule has 0 aliphatic heterocycles. The number of rotatable bonds is 7. The van der Waals surface area contributed by atoms with E-state index < -0.39 is 5.91 Å². The van der Waals surface area contributed by atoms with Crippen molar-refractivity contribution in [3.63, 3.8) is 0 Å². The van der Waals surface area contributed by atoms with Gasteiger partial charge in [-0.25, -0.2) is 4.68 Å². The maximum atomic E-state index is 12.5. The van der Waals surface area contributed by atoms with E-state index in [4.69, 9.17) is 0 Å². The van der Waals surface area contributed by atoms with E-state index in [0.717, 1.165) is 16.8 Å². The van der Waals surface area contributed by atoms with Crippen LogP contribution in [0.4, 0.5) is 0 Å². The minimum atomic E-state index is -0.412. The van der Waals surface area contributed by atoms with E-state index in [1.165, 1.54) is 0 Å². The molecular weight excluding hydrogens is 366 g/mol. The zero-order valence-electron chi connectivity index (χ0n) is 16.9. The van der Waals surface area contributed by atoms with Gasteiger partial charge in [0.05, 0.1) is 17.9 Å². The van der Waals surface area contributed by atoms with Crippen LogP contribution in [-0.4, -0.2) is 44.8 Å². The molecule has 0 atom stereocenters. The van der Waals surface area contributed by atoms with Crippen LogP contribution < -0.4 is 5.32 Å². The van der Waals surface area contributed by atoms with Crippen molar-refractivity contribution in [2.75, 3.05) is 13.1 Å². The van der Waals surface area contributed by atoms with E-state index in [0.29, 0.717) is 18.8 Å². The summed E-state index contributed by atoms with van der Waals surface area (Å²) >= 11 is 0. The Morgan fingerprint density at radius 2 is 1.72 bits per heavy atom.